The largest absolute Gasteiger partial charge is 0.494 e. The Hall–Kier alpha value is -2.82. The normalized spacial score (nSPS) is 10.6. The summed E-state index contributed by atoms with van der Waals surface area (Å²) in [5, 5.41) is 2.87. The molecule has 23 heavy (non-hydrogen) atoms. The second-order valence-corrected chi connectivity index (χ2v) is 5.24. The predicted molar refractivity (Wildman–Crippen MR) is 89.1 cm³/mol. The third kappa shape index (κ3) is 4.32. The van der Waals surface area contributed by atoms with E-state index in [4.69, 9.17) is 4.74 Å². The highest BCUT2D eigenvalue weighted by Crippen LogP contribution is 2.10. The highest BCUT2D eigenvalue weighted by molar-refractivity contribution is 5.76. The van der Waals surface area contributed by atoms with E-state index in [0.717, 1.165) is 22.6 Å². The fourth-order valence-electron chi connectivity index (χ4n) is 2.30. The number of para-hydroxylation sites is 3. The lowest BCUT2D eigenvalue weighted by atomic mass is 10.3. The Morgan fingerprint density at radius 2 is 1.87 bits per heavy atom. The summed E-state index contributed by atoms with van der Waals surface area (Å²) in [5.41, 5.74) is 1.89. The lowest BCUT2D eigenvalue weighted by molar-refractivity contribution is -0.121. The number of carbonyl (C=O) groups excluding carboxylic acids is 1. The van der Waals surface area contributed by atoms with Gasteiger partial charge in [-0.05, 0) is 30.7 Å². The molecule has 0 unspecified atom stereocenters. The van der Waals surface area contributed by atoms with Crippen molar-refractivity contribution < 1.29 is 9.53 Å². The number of benzene rings is 2. The molecule has 118 valence electrons. The van der Waals surface area contributed by atoms with Gasteiger partial charge in [0.05, 0.1) is 24.2 Å². The second kappa shape index (κ2) is 7.45. The number of H-pyrrole nitrogens is 1. The first kappa shape index (κ1) is 15.1. The van der Waals surface area contributed by atoms with E-state index >= 15 is 0 Å². The van der Waals surface area contributed by atoms with Crippen LogP contribution >= 0.6 is 0 Å². The summed E-state index contributed by atoms with van der Waals surface area (Å²) in [5.74, 6) is 1.59. The van der Waals surface area contributed by atoms with Crippen molar-refractivity contribution in [3.8, 4) is 5.75 Å². The molecule has 0 aliphatic carbocycles. The summed E-state index contributed by atoms with van der Waals surface area (Å²) < 4.78 is 5.56. The molecule has 0 saturated carbocycles. The summed E-state index contributed by atoms with van der Waals surface area (Å²) in [7, 11) is 0. The monoisotopic (exact) mass is 309 g/mol. The van der Waals surface area contributed by atoms with Crippen molar-refractivity contribution in [2.24, 2.45) is 0 Å². The quantitative estimate of drug-likeness (QED) is 0.659. The summed E-state index contributed by atoms with van der Waals surface area (Å²) in [6.45, 7) is 0.940. The maximum absolute atomic E-state index is 11.8. The molecular formula is C18H19N3O2. The number of nitrogens with zero attached hydrogens (tertiary/aromatic N) is 1. The molecule has 1 amide bonds. The topological polar surface area (TPSA) is 67.0 Å². The van der Waals surface area contributed by atoms with Crippen LogP contribution in [0.1, 0.15) is 18.7 Å². The Morgan fingerprint density at radius 1 is 1.09 bits per heavy atom. The average molecular weight is 309 g/mol. The van der Waals surface area contributed by atoms with Gasteiger partial charge in [-0.15, -0.1) is 0 Å². The number of hydrogen-bond acceptors (Lipinski definition) is 3. The van der Waals surface area contributed by atoms with Gasteiger partial charge in [0.2, 0.25) is 5.91 Å². The summed E-state index contributed by atoms with van der Waals surface area (Å²) in [6, 6.07) is 17.4. The van der Waals surface area contributed by atoms with Crippen LogP contribution in [0.2, 0.25) is 0 Å². The number of amides is 1. The standard InChI is InChI=1S/C18H19N3O2/c22-18(11-6-12-23-14-7-2-1-3-8-14)19-13-17-20-15-9-4-5-10-16(15)21-17/h1-5,7-10H,6,11-13H2,(H,19,22)(H,20,21). The predicted octanol–water partition coefficient (Wildman–Crippen LogP) is 3.04. The summed E-state index contributed by atoms with van der Waals surface area (Å²) in [4.78, 5) is 19.4. The minimum atomic E-state index is 0.00196. The van der Waals surface area contributed by atoms with Crippen molar-refractivity contribution in [2.75, 3.05) is 6.61 Å². The van der Waals surface area contributed by atoms with Crippen molar-refractivity contribution in [2.45, 2.75) is 19.4 Å². The third-order valence-corrected chi connectivity index (χ3v) is 3.45. The van der Waals surface area contributed by atoms with Gasteiger partial charge in [-0.1, -0.05) is 30.3 Å². The Bertz CT molecular complexity index is 735. The molecular weight excluding hydrogens is 290 g/mol. The Morgan fingerprint density at radius 3 is 2.70 bits per heavy atom. The Balaban J connectivity index is 1.38. The van der Waals surface area contributed by atoms with Crippen LogP contribution in [0.4, 0.5) is 0 Å². The number of nitrogens with one attached hydrogen (secondary N) is 2. The zero-order valence-corrected chi connectivity index (χ0v) is 12.8. The van der Waals surface area contributed by atoms with Gasteiger partial charge in [-0.3, -0.25) is 4.79 Å². The van der Waals surface area contributed by atoms with Crippen LogP contribution in [-0.4, -0.2) is 22.5 Å². The molecule has 2 aromatic carbocycles. The Labute approximate surface area is 134 Å². The molecule has 1 aromatic heterocycles. The number of imidazole rings is 1. The fourth-order valence-corrected chi connectivity index (χ4v) is 2.30. The second-order valence-electron chi connectivity index (χ2n) is 5.24. The highest BCUT2D eigenvalue weighted by atomic mass is 16.5. The van der Waals surface area contributed by atoms with Crippen LogP contribution in [0.3, 0.4) is 0 Å². The van der Waals surface area contributed by atoms with Crippen LogP contribution < -0.4 is 10.1 Å². The van der Waals surface area contributed by atoms with Gasteiger partial charge in [0, 0.05) is 6.42 Å². The smallest absolute Gasteiger partial charge is 0.220 e. The minimum absolute atomic E-state index is 0.00196. The van der Waals surface area contributed by atoms with Gasteiger partial charge in [0.15, 0.2) is 0 Å². The molecule has 0 fully saturated rings. The van der Waals surface area contributed by atoms with E-state index in [1.165, 1.54) is 0 Å². The van der Waals surface area contributed by atoms with E-state index in [-0.39, 0.29) is 5.91 Å². The lowest BCUT2D eigenvalue weighted by Gasteiger charge is -2.06. The SMILES string of the molecule is O=C(CCCOc1ccccc1)NCc1nc2ccccc2[nH]1. The number of ether oxygens (including phenoxy) is 1. The highest BCUT2D eigenvalue weighted by Gasteiger charge is 2.05. The van der Waals surface area contributed by atoms with Crippen molar-refractivity contribution in [1.82, 2.24) is 15.3 Å². The fraction of sp³-hybridized carbons (Fsp3) is 0.222. The van der Waals surface area contributed by atoms with E-state index in [2.05, 4.69) is 15.3 Å². The summed E-state index contributed by atoms with van der Waals surface area (Å²) in [6.07, 6.45) is 1.12. The Kier molecular flexibility index (Phi) is 4.88. The van der Waals surface area contributed by atoms with Gasteiger partial charge in [0.1, 0.15) is 11.6 Å². The number of rotatable bonds is 7. The minimum Gasteiger partial charge on any atom is -0.494 e. The first-order valence-corrected chi connectivity index (χ1v) is 7.69. The van der Waals surface area contributed by atoms with E-state index in [1.54, 1.807) is 0 Å². The zero-order chi connectivity index (χ0) is 15.9. The van der Waals surface area contributed by atoms with Gasteiger partial charge in [0.25, 0.3) is 0 Å². The van der Waals surface area contributed by atoms with Crippen LogP contribution in [0.15, 0.2) is 54.6 Å². The van der Waals surface area contributed by atoms with Crippen LogP contribution in [0.25, 0.3) is 11.0 Å². The molecule has 5 nitrogen and oxygen atoms in total. The van der Waals surface area contributed by atoms with Crippen LogP contribution in [-0.2, 0) is 11.3 Å². The molecule has 0 saturated heterocycles. The molecule has 2 N–H and O–H groups in total. The average Bonchev–Trinajstić information content (AvgIpc) is 3.01. The molecule has 0 atom stereocenters. The number of aromatic amines is 1. The molecule has 5 heteroatoms. The molecule has 3 aromatic rings. The number of aromatic nitrogens is 2. The first-order chi connectivity index (χ1) is 11.3. The van der Waals surface area contributed by atoms with Gasteiger partial charge >= 0.3 is 0 Å². The van der Waals surface area contributed by atoms with E-state index in [1.807, 2.05) is 54.6 Å². The van der Waals surface area contributed by atoms with Crippen LogP contribution in [0, 0.1) is 0 Å². The number of fused-ring (bicyclic) bond motifs is 1. The molecule has 0 bridgehead atoms. The van der Waals surface area contributed by atoms with Crippen molar-refractivity contribution in [1.29, 1.82) is 0 Å². The maximum Gasteiger partial charge on any atom is 0.220 e. The third-order valence-electron chi connectivity index (χ3n) is 3.45. The van der Waals surface area contributed by atoms with Gasteiger partial charge < -0.3 is 15.0 Å². The molecule has 3 rings (SSSR count). The van der Waals surface area contributed by atoms with Crippen molar-refractivity contribution in [3.05, 3.63) is 60.4 Å². The molecule has 0 spiro atoms. The maximum atomic E-state index is 11.8. The van der Waals surface area contributed by atoms with Crippen molar-refractivity contribution >= 4 is 16.9 Å². The molecule has 0 aliphatic heterocycles. The summed E-state index contributed by atoms with van der Waals surface area (Å²) >= 11 is 0. The number of carbonyl (C=O) groups is 1. The van der Waals surface area contributed by atoms with Gasteiger partial charge in [-0.25, -0.2) is 4.98 Å². The van der Waals surface area contributed by atoms with E-state index in [9.17, 15) is 4.79 Å². The van der Waals surface area contributed by atoms with Crippen LogP contribution in [0.5, 0.6) is 5.75 Å². The molecule has 0 aliphatic rings. The number of hydrogen-bond donors (Lipinski definition) is 2. The van der Waals surface area contributed by atoms with Crippen molar-refractivity contribution in [3.63, 3.8) is 0 Å². The van der Waals surface area contributed by atoms with E-state index in [0.29, 0.717) is 26.0 Å². The first-order valence-electron chi connectivity index (χ1n) is 7.69. The van der Waals surface area contributed by atoms with E-state index < -0.39 is 0 Å². The lowest BCUT2D eigenvalue weighted by Crippen LogP contribution is -2.23. The van der Waals surface area contributed by atoms with Gasteiger partial charge in [-0.2, -0.15) is 0 Å². The molecule has 1 heterocycles. The zero-order valence-electron chi connectivity index (χ0n) is 12.8. The molecule has 0 radical (unpaired) electrons.